The van der Waals surface area contributed by atoms with Crippen molar-refractivity contribution in [2.24, 2.45) is 5.73 Å². The molecule has 0 aliphatic carbocycles. The van der Waals surface area contributed by atoms with Crippen molar-refractivity contribution in [3.8, 4) is 0 Å². The topological polar surface area (TPSA) is 81.8 Å². The molecule has 1 fully saturated rings. The fraction of sp³-hybridized carbons (Fsp3) is 0.400. The Morgan fingerprint density at radius 2 is 1.81 bits per heavy atom. The van der Waals surface area contributed by atoms with Gasteiger partial charge in [0.1, 0.15) is 17.1 Å². The quantitative estimate of drug-likeness (QED) is 0.902. The number of nitrogens with two attached hydrogens (primary N) is 1. The van der Waals surface area contributed by atoms with E-state index in [1.165, 1.54) is 0 Å². The van der Waals surface area contributed by atoms with E-state index in [9.17, 15) is 4.79 Å². The van der Waals surface area contributed by atoms with Crippen LogP contribution in [0, 0.1) is 0 Å². The SMILES string of the molecule is NC1(C(=O)N(Cc2ccco2)Cc2ccco2)CCOC1. The third kappa shape index (κ3) is 3.01. The number of nitrogens with zero attached hydrogens (tertiary/aromatic N) is 1. The van der Waals surface area contributed by atoms with Crippen molar-refractivity contribution in [3.05, 3.63) is 48.3 Å². The summed E-state index contributed by atoms with van der Waals surface area (Å²) in [4.78, 5) is 14.4. The minimum Gasteiger partial charge on any atom is -0.467 e. The second-order valence-corrected chi connectivity index (χ2v) is 5.28. The summed E-state index contributed by atoms with van der Waals surface area (Å²) in [5, 5.41) is 0. The summed E-state index contributed by atoms with van der Waals surface area (Å²) >= 11 is 0. The molecular weight excluding hydrogens is 272 g/mol. The Labute approximate surface area is 122 Å². The summed E-state index contributed by atoms with van der Waals surface area (Å²) in [6, 6.07) is 7.25. The van der Waals surface area contributed by atoms with E-state index in [1.807, 2.05) is 12.1 Å². The Morgan fingerprint density at radius 1 is 1.19 bits per heavy atom. The number of hydrogen-bond acceptors (Lipinski definition) is 5. The molecule has 3 heterocycles. The molecule has 3 rings (SSSR count). The molecule has 0 saturated carbocycles. The number of carbonyl (C=O) groups is 1. The Kier molecular flexibility index (Phi) is 3.81. The van der Waals surface area contributed by atoms with Gasteiger partial charge in [-0.15, -0.1) is 0 Å². The molecular formula is C15H18N2O4. The lowest BCUT2D eigenvalue weighted by atomic mass is 9.98. The highest BCUT2D eigenvalue weighted by Gasteiger charge is 2.41. The van der Waals surface area contributed by atoms with Crippen molar-refractivity contribution in [1.82, 2.24) is 4.90 Å². The van der Waals surface area contributed by atoms with Gasteiger partial charge in [-0.05, 0) is 30.7 Å². The number of carbonyl (C=O) groups excluding carboxylic acids is 1. The fourth-order valence-electron chi connectivity index (χ4n) is 2.45. The van der Waals surface area contributed by atoms with Crippen LogP contribution in [0.2, 0.25) is 0 Å². The first-order chi connectivity index (χ1) is 10.2. The zero-order valence-electron chi connectivity index (χ0n) is 11.7. The third-order valence-electron chi connectivity index (χ3n) is 3.62. The van der Waals surface area contributed by atoms with E-state index >= 15 is 0 Å². The molecule has 0 radical (unpaired) electrons. The van der Waals surface area contributed by atoms with Gasteiger partial charge in [0, 0.05) is 6.61 Å². The fourth-order valence-corrected chi connectivity index (χ4v) is 2.45. The molecule has 21 heavy (non-hydrogen) atoms. The average Bonchev–Trinajstić information content (AvgIpc) is 3.20. The molecule has 1 atom stereocenters. The molecule has 6 nitrogen and oxygen atoms in total. The molecule has 2 N–H and O–H groups in total. The van der Waals surface area contributed by atoms with Crippen LogP contribution in [-0.4, -0.2) is 29.6 Å². The third-order valence-corrected chi connectivity index (χ3v) is 3.62. The van der Waals surface area contributed by atoms with Crippen molar-refractivity contribution < 1.29 is 18.4 Å². The summed E-state index contributed by atoms with van der Waals surface area (Å²) in [6.45, 7) is 1.47. The van der Waals surface area contributed by atoms with E-state index in [0.29, 0.717) is 37.6 Å². The van der Waals surface area contributed by atoms with Crippen LogP contribution in [0.1, 0.15) is 17.9 Å². The first kappa shape index (κ1) is 13.9. The molecule has 1 aliphatic heterocycles. The zero-order valence-corrected chi connectivity index (χ0v) is 11.7. The molecule has 6 heteroatoms. The van der Waals surface area contributed by atoms with Crippen LogP contribution in [0.15, 0.2) is 45.6 Å². The summed E-state index contributed by atoms with van der Waals surface area (Å²) in [5.41, 5.74) is 5.22. The van der Waals surface area contributed by atoms with E-state index < -0.39 is 5.54 Å². The highest BCUT2D eigenvalue weighted by atomic mass is 16.5. The van der Waals surface area contributed by atoms with Crippen LogP contribution >= 0.6 is 0 Å². The molecule has 2 aromatic heterocycles. The summed E-state index contributed by atoms with van der Waals surface area (Å²) in [6.07, 6.45) is 3.70. The number of amides is 1. The molecule has 1 aliphatic rings. The standard InChI is InChI=1S/C15H18N2O4/c16-15(5-8-19-11-15)14(18)17(9-12-3-1-6-20-12)10-13-4-2-7-21-13/h1-4,6-7H,5,8-11,16H2. The molecule has 1 unspecified atom stereocenters. The maximum Gasteiger partial charge on any atom is 0.245 e. The van der Waals surface area contributed by atoms with Crippen LogP contribution in [-0.2, 0) is 22.6 Å². The molecule has 0 spiro atoms. The van der Waals surface area contributed by atoms with Crippen molar-refractivity contribution >= 4 is 5.91 Å². The van der Waals surface area contributed by atoms with Gasteiger partial charge in [0.2, 0.25) is 5.91 Å². The Hall–Kier alpha value is -2.05. The maximum absolute atomic E-state index is 12.8. The lowest BCUT2D eigenvalue weighted by molar-refractivity contribution is -0.138. The van der Waals surface area contributed by atoms with Gasteiger partial charge < -0.3 is 24.2 Å². The largest absolute Gasteiger partial charge is 0.467 e. The zero-order chi connectivity index (χ0) is 14.7. The van der Waals surface area contributed by atoms with Crippen molar-refractivity contribution in [3.63, 3.8) is 0 Å². The van der Waals surface area contributed by atoms with Gasteiger partial charge in [0.05, 0.1) is 32.2 Å². The van der Waals surface area contributed by atoms with E-state index in [0.717, 1.165) is 0 Å². The van der Waals surface area contributed by atoms with Crippen LogP contribution in [0.4, 0.5) is 0 Å². The molecule has 1 amide bonds. The summed E-state index contributed by atoms with van der Waals surface area (Å²) in [7, 11) is 0. The smallest absolute Gasteiger partial charge is 0.245 e. The van der Waals surface area contributed by atoms with Crippen LogP contribution in [0.25, 0.3) is 0 Å². The minimum atomic E-state index is -0.959. The first-order valence-corrected chi connectivity index (χ1v) is 6.88. The predicted octanol–water partition coefficient (Wildman–Crippen LogP) is 1.52. The van der Waals surface area contributed by atoms with Crippen LogP contribution in [0.3, 0.4) is 0 Å². The van der Waals surface area contributed by atoms with Gasteiger partial charge in [-0.25, -0.2) is 0 Å². The number of rotatable bonds is 5. The molecule has 2 aromatic rings. The van der Waals surface area contributed by atoms with Crippen LogP contribution in [0.5, 0.6) is 0 Å². The molecule has 112 valence electrons. The van der Waals surface area contributed by atoms with E-state index in [1.54, 1.807) is 29.6 Å². The predicted molar refractivity (Wildman–Crippen MR) is 74.0 cm³/mol. The molecule has 0 bridgehead atoms. The van der Waals surface area contributed by atoms with E-state index in [-0.39, 0.29) is 12.5 Å². The molecule has 0 aromatic carbocycles. The van der Waals surface area contributed by atoms with Gasteiger partial charge in [-0.2, -0.15) is 0 Å². The normalized spacial score (nSPS) is 21.6. The Balaban J connectivity index is 1.79. The minimum absolute atomic E-state index is 0.146. The van der Waals surface area contributed by atoms with Crippen LogP contribution < -0.4 is 5.73 Å². The van der Waals surface area contributed by atoms with Crippen molar-refractivity contribution in [2.75, 3.05) is 13.2 Å². The van der Waals surface area contributed by atoms with Gasteiger partial charge in [-0.3, -0.25) is 4.79 Å². The summed E-state index contributed by atoms with van der Waals surface area (Å²) < 4.78 is 15.9. The Morgan fingerprint density at radius 3 is 2.24 bits per heavy atom. The van der Waals surface area contributed by atoms with Gasteiger partial charge in [0.25, 0.3) is 0 Å². The molecule has 1 saturated heterocycles. The highest BCUT2D eigenvalue weighted by Crippen LogP contribution is 2.21. The highest BCUT2D eigenvalue weighted by molar-refractivity contribution is 5.86. The Bertz CT molecular complexity index is 535. The second-order valence-electron chi connectivity index (χ2n) is 5.28. The van der Waals surface area contributed by atoms with Crippen molar-refractivity contribution in [1.29, 1.82) is 0 Å². The van der Waals surface area contributed by atoms with Gasteiger partial charge in [0.15, 0.2) is 0 Å². The second kappa shape index (κ2) is 5.75. The summed E-state index contributed by atoms with van der Waals surface area (Å²) in [5.74, 6) is 1.27. The number of hydrogen-bond donors (Lipinski definition) is 1. The lowest BCUT2D eigenvalue weighted by Gasteiger charge is -2.29. The maximum atomic E-state index is 12.8. The van der Waals surface area contributed by atoms with Gasteiger partial charge in [-0.1, -0.05) is 0 Å². The van der Waals surface area contributed by atoms with Crippen molar-refractivity contribution in [2.45, 2.75) is 25.0 Å². The monoisotopic (exact) mass is 290 g/mol. The van der Waals surface area contributed by atoms with E-state index in [4.69, 9.17) is 19.3 Å². The van der Waals surface area contributed by atoms with E-state index in [2.05, 4.69) is 0 Å². The first-order valence-electron chi connectivity index (χ1n) is 6.88. The average molecular weight is 290 g/mol. The lowest BCUT2D eigenvalue weighted by Crippen LogP contribution is -2.55. The van der Waals surface area contributed by atoms with Gasteiger partial charge >= 0.3 is 0 Å². The number of ether oxygens (including phenoxy) is 1. The number of furan rings is 2.